The van der Waals surface area contributed by atoms with Crippen molar-refractivity contribution in [2.45, 2.75) is 50.9 Å². The molecular weight excluding hydrogens is 491 g/mol. The first-order chi connectivity index (χ1) is 16.4. The molecule has 0 bridgehead atoms. The lowest BCUT2D eigenvalue weighted by Crippen LogP contribution is -2.47. The van der Waals surface area contributed by atoms with E-state index in [1.54, 1.807) is 0 Å². The quantitative estimate of drug-likeness (QED) is 0.331. The van der Waals surface area contributed by atoms with E-state index in [9.17, 15) is 5.11 Å². The van der Waals surface area contributed by atoms with Crippen LogP contribution >= 0.6 is 24.8 Å². The summed E-state index contributed by atoms with van der Waals surface area (Å²) < 4.78 is 5.84. The van der Waals surface area contributed by atoms with Crippen LogP contribution in [0.25, 0.3) is 0 Å². The Morgan fingerprint density at radius 2 is 1.42 bits per heavy atom. The van der Waals surface area contributed by atoms with Crippen molar-refractivity contribution >= 4 is 30.5 Å². The molecule has 0 radical (unpaired) electrons. The van der Waals surface area contributed by atoms with Gasteiger partial charge >= 0.3 is 0 Å². The summed E-state index contributed by atoms with van der Waals surface area (Å²) in [6, 6.07) is 29.9. The zero-order valence-electron chi connectivity index (χ0n) is 21.5. The van der Waals surface area contributed by atoms with Gasteiger partial charge in [-0.1, -0.05) is 66.7 Å². The zero-order valence-corrected chi connectivity index (χ0v) is 23.2. The van der Waals surface area contributed by atoms with E-state index in [0.29, 0.717) is 0 Å². The molecule has 1 saturated heterocycles. The predicted molar refractivity (Wildman–Crippen MR) is 155 cm³/mol. The second-order valence-electron chi connectivity index (χ2n) is 9.82. The van der Waals surface area contributed by atoms with Gasteiger partial charge in [-0.15, -0.1) is 24.8 Å². The summed E-state index contributed by atoms with van der Waals surface area (Å²) in [7, 11) is 2.09. The van der Waals surface area contributed by atoms with Crippen LogP contribution in [0.1, 0.15) is 50.3 Å². The van der Waals surface area contributed by atoms with Gasteiger partial charge in [-0.3, -0.25) is 4.90 Å². The highest BCUT2D eigenvalue weighted by atomic mass is 35.5. The van der Waals surface area contributed by atoms with Crippen molar-refractivity contribution < 1.29 is 9.84 Å². The molecule has 1 aliphatic heterocycles. The largest absolute Gasteiger partial charge is 0.491 e. The van der Waals surface area contributed by atoms with E-state index in [0.717, 1.165) is 50.3 Å². The Morgan fingerprint density at radius 1 is 0.861 bits per heavy atom. The van der Waals surface area contributed by atoms with Crippen LogP contribution in [0.5, 0.6) is 5.75 Å². The van der Waals surface area contributed by atoms with Gasteiger partial charge in [-0.2, -0.15) is 0 Å². The van der Waals surface area contributed by atoms with E-state index in [1.165, 1.54) is 11.1 Å². The van der Waals surface area contributed by atoms with Crippen LogP contribution in [0.15, 0.2) is 84.9 Å². The van der Waals surface area contributed by atoms with Crippen molar-refractivity contribution in [2.75, 3.05) is 31.6 Å². The summed E-state index contributed by atoms with van der Waals surface area (Å²) in [5, 5.41) is 11.4. The molecule has 6 heteroatoms. The first-order valence-corrected chi connectivity index (χ1v) is 12.5. The second-order valence-corrected chi connectivity index (χ2v) is 9.82. The van der Waals surface area contributed by atoms with Crippen molar-refractivity contribution in [2.24, 2.45) is 0 Å². The summed E-state index contributed by atoms with van der Waals surface area (Å²) in [5.74, 6) is 0.888. The number of piperidine rings is 1. The maximum atomic E-state index is 11.4. The van der Waals surface area contributed by atoms with Crippen molar-refractivity contribution in [1.29, 1.82) is 0 Å². The number of halogens is 2. The summed E-state index contributed by atoms with van der Waals surface area (Å²) in [5.41, 5.74) is 3.10. The average Bonchev–Trinajstić information content (AvgIpc) is 2.85. The molecule has 0 aromatic heterocycles. The number of hydrogen-bond donors (Lipinski definition) is 1. The van der Waals surface area contributed by atoms with Gasteiger partial charge in [0.2, 0.25) is 0 Å². The van der Waals surface area contributed by atoms with Crippen LogP contribution in [0.2, 0.25) is 0 Å². The topological polar surface area (TPSA) is 35.9 Å². The lowest BCUT2D eigenvalue weighted by atomic mass is 9.86. The number of anilines is 1. The third-order valence-electron chi connectivity index (χ3n) is 6.87. The van der Waals surface area contributed by atoms with E-state index in [1.807, 2.05) is 26.0 Å². The number of likely N-dealkylation sites (tertiary alicyclic amines) is 1. The molecule has 1 fully saturated rings. The van der Waals surface area contributed by atoms with Crippen molar-refractivity contribution in [1.82, 2.24) is 4.90 Å². The third-order valence-corrected chi connectivity index (χ3v) is 6.87. The normalized spacial score (nSPS) is 15.2. The summed E-state index contributed by atoms with van der Waals surface area (Å²) in [6.07, 6.45) is 2.48. The maximum Gasteiger partial charge on any atom is 0.121 e. The molecule has 0 atom stereocenters. The Kier molecular flexibility index (Phi) is 11.6. The van der Waals surface area contributed by atoms with Crippen LogP contribution in [0, 0.1) is 0 Å². The molecule has 3 aromatic rings. The predicted octanol–water partition coefficient (Wildman–Crippen LogP) is 6.76. The highest BCUT2D eigenvalue weighted by Crippen LogP contribution is 2.35. The Balaban J connectivity index is 0.00000228. The van der Waals surface area contributed by atoms with Gasteiger partial charge in [0.25, 0.3) is 0 Å². The Labute approximate surface area is 229 Å². The Hall–Kier alpha value is -2.24. The number of hydrogen-bond acceptors (Lipinski definition) is 4. The van der Waals surface area contributed by atoms with Crippen molar-refractivity contribution in [3.63, 3.8) is 0 Å². The smallest absolute Gasteiger partial charge is 0.121 e. The van der Waals surface area contributed by atoms with Crippen LogP contribution in [0.4, 0.5) is 5.69 Å². The summed E-state index contributed by atoms with van der Waals surface area (Å²) in [6.45, 7) is 6.65. The van der Waals surface area contributed by atoms with Gasteiger partial charge in [0.05, 0.1) is 17.7 Å². The lowest BCUT2D eigenvalue weighted by Gasteiger charge is -2.42. The van der Waals surface area contributed by atoms with Gasteiger partial charge in [0.15, 0.2) is 0 Å². The van der Waals surface area contributed by atoms with Crippen molar-refractivity contribution in [3.8, 4) is 5.75 Å². The molecule has 0 amide bonds. The number of nitrogens with zero attached hydrogens (tertiary/aromatic N) is 2. The van der Waals surface area contributed by atoms with E-state index in [2.05, 4.69) is 89.6 Å². The molecule has 1 heterocycles. The molecule has 0 spiro atoms. The van der Waals surface area contributed by atoms with Gasteiger partial charge in [0.1, 0.15) is 5.75 Å². The standard InChI is InChI=1S/C30H38N2O2.2ClH/c1-24(2)34-28-16-10-15-27(23-28)31(3)20-17-30(33)18-21-32(22-19-30)29(25-11-6-4-7-12-25)26-13-8-5-9-14-26;;/h4-16,23-24,29,33H,17-22H2,1-3H3;2*1H. The van der Waals surface area contributed by atoms with Gasteiger partial charge in [0, 0.05) is 38.4 Å². The number of benzene rings is 3. The number of ether oxygens (including phenoxy) is 1. The molecule has 0 unspecified atom stereocenters. The minimum absolute atomic E-state index is 0. The van der Waals surface area contributed by atoms with Crippen LogP contribution < -0.4 is 9.64 Å². The molecule has 0 aliphatic carbocycles. The average molecular weight is 532 g/mol. The monoisotopic (exact) mass is 530 g/mol. The second kappa shape index (κ2) is 13.9. The highest BCUT2D eigenvalue weighted by Gasteiger charge is 2.35. The lowest BCUT2D eigenvalue weighted by molar-refractivity contribution is -0.0321. The van der Waals surface area contributed by atoms with Crippen LogP contribution in [-0.2, 0) is 0 Å². The zero-order chi connectivity index (χ0) is 24.0. The van der Waals surface area contributed by atoms with E-state index in [4.69, 9.17) is 4.74 Å². The molecule has 3 aromatic carbocycles. The maximum absolute atomic E-state index is 11.4. The first kappa shape index (κ1) is 30.0. The van der Waals surface area contributed by atoms with Crippen molar-refractivity contribution in [3.05, 3.63) is 96.1 Å². The molecule has 36 heavy (non-hydrogen) atoms. The number of aliphatic hydroxyl groups is 1. The highest BCUT2D eigenvalue weighted by molar-refractivity contribution is 5.85. The molecule has 4 nitrogen and oxygen atoms in total. The Bertz CT molecular complexity index is 986. The van der Waals surface area contributed by atoms with E-state index >= 15 is 0 Å². The van der Waals surface area contributed by atoms with E-state index < -0.39 is 5.60 Å². The minimum atomic E-state index is -0.630. The van der Waals surface area contributed by atoms with Gasteiger partial charge < -0.3 is 14.7 Å². The summed E-state index contributed by atoms with van der Waals surface area (Å²) in [4.78, 5) is 4.74. The summed E-state index contributed by atoms with van der Waals surface area (Å²) >= 11 is 0. The molecule has 0 saturated carbocycles. The SMILES string of the molecule is CC(C)Oc1cccc(N(C)CCC2(O)CCN(C(c3ccccc3)c3ccccc3)CC2)c1.Cl.Cl. The minimum Gasteiger partial charge on any atom is -0.491 e. The fraction of sp³-hybridized carbons (Fsp3) is 0.400. The van der Waals surface area contributed by atoms with E-state index in [-0.39, 0.29) is 37.0 Å². The molecule has 4 rings (SSSR count). The Morgan fingerprint density at radius 3 is 1.94 bits per heavy atom. The third kappa shape index (κ3) is 7.88. The fourth-order valence-electron chi connectivity index (χ4n) is 4.90. The van der Waals surface area contributed by atoms with Crippen LogP contribution in [0.3, 0.4) is 0 Å². The molecule has 1 aliphatic rings. The molecule has 196 valence electrons. The number of rotatable bonds is 9. The fourth-order valence-corrected chi connectivity index (χ4v) is 4.90. The van der Waals surface area contributed by atoms with Crippen LogP contribution in [-0.4, -0.2) is 48.4 Å². The molecular formula is C30H40Cl2N2O2. The first-order valence-electron chi connectivity index (χ1n) is 12.5. The molecule has 1 N–H and O–H groups in total. The van der Waals surface area contributed by atoms with Gasteiger partial charge in [-0.25, -0.2) is 0 Å². The van der Waals surface area contributed by atoms with Gasteiger partial charge in [-0.05, 0) is 56.4 Å².